The molecule has 0 bridgehead atoms. The monoisotopic (exact) mass is 334 g/mol. The summed E-state index contributed by atoms with van der Waals surface area (Å²) < 4.78 is 0. The van der Waals surface area contributed by atoms with E-state index in [4.69, 9.17) is 0 Å². The summed E-state index contributed by atoms with van der Waals surface area (Å²) in [6.45, 7) is 9.04. The van der Waals surface area contributed by atoms with Crippen molar-refractivity contribution in [2.45, 2.75) is 71.0 Å². The van der Waals surface area contributed by atoms with Gasteiger partial charge in [0.05, 0.1) is 5.69 Å². The van der Waals surface area contributed by atoms with Gasteiger partial charge in [-0.3, -0.25) is 14.9 Å². The lowest BCUT2D eigenvalue weighted by atomic mass is 10.0. The van der Waals surface area contributed by atoms with Crippen LogP contribution in [0.5, 0.6) is 0 Å². The maximum absolute atomic E-state index is 9.48. The van der Waals surface area contributed by atoms with Gasteiger partial charge < -0.3 is 5.11 Å². The molecule has 1 saturated heterocycles. The Morgan fingerprint density at radius 3 is 2.79 bits per heavy atom. The zero-order valence-electron chi connectivity index (χ0n) is 15.4. The normalized spacial score (nSPS) is 24.2. The van der Waals surface area contributed by atoms with Crippen LogP contribution in [0.1, 0.15) is 57.3 Å². The van der Waals surface area contributed by atoms with Gasteiger partial charge in [-0.05, 0) is 37.7 Å². The van der Waals surface area contributed by atoms with E-state index in [1.807, 2.05) is 0 Å². The molecule has 1 aliphatic carbocycles. The molecule has 1 saturated carbocycles. The van der Waals surface area contributed by atoms with E-state index < -0.39 is 0 Å². The highest BCUT2D eigenvalue weighted by molar-refractivity contribution is 5.09. The summed E-state index contributed by atoms with van der Waals surface area (Å²) in [6, 6.07) is 3.49. The number of aliphatic hydroxyl groups excluding tert-OH is 1. The second-order valence-electron chi connectivity index (χ2n) is 8.06. The number of nitrogens with one attached hydrogen (secondary N) is 1. The van der Waals surface area contributed by atoms with Gasteiger partial charge in [0, 0.05) is 50.6 Å². The number of aliphatic hydroxyl groups is 1. The number of nitrogens with zero attached hydrogens (tertiary/aromatic N) is 3. The van der Waals surface area contributed by atoms with E-state index in [2.05, 4.69) is 39.9 Å². The van der Waals surface area contributed by atoms with Crippen molar-refractivity contribution in [1.82, 2.24) is 20.0 Å². The van der Waals surface area contributed by atoms with Gasteiger partial charge in [-0.15, -0.1) is 0 Å². The number of hydrogen-bond acceptors (Lipinski definition) is 4. The fourth-order valence-electron chi connectivity index (χ4n) is 4.45. The molecule has 1 aromatic rings. The first-order valence-electron chi connectivity index (χ1n) is 9.78. The van der Waals surface area contributed by atoms with Crippen molar-refractivity contribution >= 4 is 0 Å². The average Bonchev–Trinajstić information content (AvgIpc) is 3.20. The Kier molecular flexibility index (Phi) is 6.31. The van der Waals surface area contributed by atoms with Crippen molar-refractivity contribution < 1.29 is 5.11 Å². The Balaban J connectivity index is 1.56. The Morgan fingerprint density at radius 2 is 2.08 bits per heavy atom. The van der Waals surface area contributed by atoms with Crippen LogP contribution in [0, 0.1) is 5.92 Å². The van der Waals surface area contributed by atoms with Crippen LogP contribution in [0.15, 0.2) is 6.07 Å². The Morgan fingerprint density at radius 1 is 1.29 bits per heavy atom. The Bertz CT molecular complexity index is 495. The summed E-state index contributed by atoms with van der Waals surface area (Å²) >= 11 is 0. The van der Waals surface area contributed by atoms with Gasteiger partial charge in [0.25, 0.3) is 0 Å². The second-order valence-corrected chi connectivity index (χ2v) is 8.06. The van der Waals surface area contributed by atoms with Crippen molar-refractivity contribution in [3.8, 4) is 0 Å². The fourth-order valence-corrected chi connectivity index (χ4v) is 4.45. The number of aromatic amines is 1. The summed E-state index contributed by atoms with van der Waals surface area (Å²) in [5.74, 6) is 0.644. The van der Waals surface area contributed by atoms with E-state index in [1.54, 1.807) is 0 Å². The maximum Gasteiger partial charge on any atom is 0.0628 e. The van der Waals surface area contributed by atoms with Gasteiger partial charge in [-0.25, -0.2) is 0 Å². The van der Waals surface area contributed by atoms with Crippen LogP contribution in [-0.4, -0.2) is 63.4 Å². The molecule has 5 heteroatoms. The molecular weight excluding hydrogens is 300 g/mol. The molecular formula is C19H34N4O. The number of rotatable bonds is 7. The molecule has 24 heavy (non-hydrogen) atoms. The molecule has 0 unspecified atom stereocenters. The van der Waals surface area contributed by atoms with Crippen LogP contribution in [0.25, 0.3) is 0 Å². The SMILES string of the molecule is CC(C)Cc1cc(CN2CCN(C3CCCC3)[C@H](CCO)C2)[nH]n1. The molecule has 0 aromatic carbocycles. The highest BCUT2D eigenvalue weighted by Crippen LogP contribution is 2.28. The summed E-state index contributed by atoms with van der Waals surface area (Å²) in [4.78, 5) is 5.22. The van der Waals surface area contributed by atoms with E-state index in [9.17, 15) is 5.11 Å². The lowest BCUT2D eigenvalue weighted by molar-refractivity contribution is 0.0263. The molecule has 0 spiro atoms. The standard InChI is InChI=1S/C19H34N4O/c1-15(2)11-16-12-17(21-20-16)13-22-8-9-23(18-5-3-4-6-18)19(14-22)7-10-24/h12,15,18-19,24H,3-11,13-14H2,1-2H3,(H,20,21)/t19-/m1/s1. The zero-order valence-corrected chi connectivity index (χ0v) is 15.4. The summed E-state index contributed by atoms with van der Waals surface area (Å²) in [5.41, 5.74) is 2.40. The van der Waals surface area contributed by atoms with Crippen molar-refractivity contribution in [1.29, 1.82) is 0 Å². The van der Waals surface area contributed by atoms with E-state index in [0.29, 0.717) is 18.6 Å². The summed E-state index contributed by atoms with van der Waals surface area (Å²) in [7, 11) is 0. The highest BCUT2D eigenvalue weighted by Gasteiger charge is 2.33. The second kappa shape index (κ2) is 8.45. The number of hydrogen-bond donors (Lipinski definition) is 2. The van der Waals surface area contributed by atoms with E-state index in [-0.39, 0.29) is 0 Å². The molecule has 1 atom stereocenters. The van der Waals surface area contributed by atoms with E-state index in [1.165, 1.54) is 37.1 Å². The molecule has 3 rings (SSSR count). The zero-order chi connectivity index (χ0) is 16.9. The molecule has 136 valence electrons. The van der Waals surface area contributed by atoms with Gasteiger partial charge >= 0.3 is 0 Å². The smallest absolute Gasteiger partial charge is 0.0628 e. The first-order valence-corrected chi connectivity index (χ1v) is 9.78. The van der Waals surface area contributed by atoms with Crippen LogP contribution < -0.4 is 0 Å². The van der Waals surface area contributed by atoms with Crippen molar-refractivity contribution in [2.24, 2.45) is 5.92 Å². The molecule has 0 amide bonds. The van der Waals surface area contributed by atoms with Crippen molar-refractivity contribution in [3.63, 3.8) is 0 Å². The number of H-pyrrole nitrogens is 1. The lowest BCUT2D eigenvalue weighted by Crippen LogP contribution is -2.56. The van der Waals surface area contributed by atoms with Crippen LogP contribution in [0.3, 0.4) is 0 Å². The molecule has 5 nitrogen and oxygen atoms in total. The predicted molar refractivity (Wildman–Crippen MR) is 96.9 cm³/mol. The minimum Gasteiger partial charge on any atom is -0.396 e. The van der Waals surface area contributed by atoms with Gasteiger partial charge in [0.2, 0.25) is 0 Å². The minimum atomic E-state index is 0.296. The van der Waals surface area contributed by atoms with E-state index in [0.717, 1.165) is 45.1 Å². The molecule has 2 N–H and O–H groups in total. The van der Waals surface area contributed by atoms with Crippen molar-refractivity contribution in [2.75, 3.05) is 26.2 Å². The third kappa shape index (κ3) is 4.58. The molecule has 2 fully saturated rings. The fraction of sp³-hybridized carbons (Fsp3) is 0.842. The van der Waals surface area contributed by atoms with Crippen LogP contribution in [0.2, 0.25) is 0 Å². The van der Waals surface area contributed by atoms with Crippen LogP contribution >= 0.6 is 0 Å². The quantitative estimate of drug-likeness (QED) is 0.804. The molecule has 2 aliphatic rings. The topological polar surface area (TPSA) is 55.4 Å². The highest BCUT2D eigenvalue weighted by atomic mass is 16.3. The summed E-state index contributed by atoms with van der Waals surface area (Å²) in [6.07, 6.45) is 7.39. The molecule has 1 aliphatic heterocycles. The third-order valence-electron chi connectivity index (χ3n) is 5.56. The number of piperazine rings is 1. The Hall–Kier alpha value is -0.910. The first kappa shape index (κ1) is 17.9. The number of aromatic nitrogens is 2. The molecule has 2 heterocycles. The van der Waals surface area contributed by atoms with E-state index >= 15 is 0 Å². The summed E-state index contributed by atoms with van der Waals surface area (Å²) in [5, 5.41) is 17.2. The van der Waals surface area contributed by atoms with Gasteiger partial charge in [0.15, 0.2) is 0 Å². The van der Waals surface area contributed by atoms with Crippen molar-refractivity contribution in [3.05, 3.63) is 17.5 Å². The van der Waals surface area contributed by atoms with Crippen LogP contribution in [0.4, 0.5) is 0 Å². The minimum absolute atomic E-state index is 0.296. The third-order valence-corrected chi connectivity index (χ3v) is 5.56. The van der Waals surface area contributed by atoms with Gasteiger partial charge in [-0.2, -0.15) is 5.10 Å². The lowest BCUT2D eigenvalue weighted by Gasteiger charge is -2.44. The van der Waals surface area contributed by atoms with Gasteiger partial charge in [0.1, 0.15) is 0 Å². The average molecular weight is 335 g/mol. The Labute approximate surface area is 146 Å². The van der Waals surface area contributed by atoms with Gasteiger partial charge in [-0.1, -0.05) is 26.7 Å². The predicted octanol–water partition coefficient (Wildman–Crippen LogP) is 2.42. The first-order chi connectivity index (χ1) is 11.7. The molecule has 0 radical (unpaired) electrons. The largest absolute Gasteiger partial charge is 0.396 e. The molecule has 1 aromatic heterocycles. The van der Waals surface area contributed by atoms with Crippen LogP contribution in [-0.2, 0) is 13.0 Å². The maximum atomic E-state index is 9.48.